The monoisotopic (exact) mass is 375 g/mol. The van der Waals surface area contributed by atoms with Crippen LogP contribution in [0.1, 0.15) is 49.5 Å². The number of carbonyl (C=O) groups excluding carboxylic acids is 2. The van der Waals surface area contributed by atoms with Gasteiger partial charge in [-0.1, -0.05) is 19.0 Å². The molecule has 3 rings (SSSR count). The first-order valence-electron chi connectivity index (χ1n) is 9.20. The van der Waals surface area contributed by atoms with E-state index >= 15 is 0 Å². The number of likely N-dealkylation sites (tertiary alicyclic amines) is 1. The lowest BCUT2D eigenvalue weighted by atomic mass is 10.1. The average Bonchev–Trinajstić information content (AvgIpc) is 3.36. The summed E-state index contributed by atoms with van der Waals surface area (Å²) in [4.78, 5) is 36.1. The molecule has 0 N–H and O–H groups in total. The molecule has 1 fully saturated rings. The summed E-state index contributed by atoms with van der Waals surface area (Å²) in [7, 11) is 0. The van der Waals surface area contributed by atoms with Crippen LogP contribution in [0.4, 0.5) is 0 Å². The topological polar surface area (TPSA) is 106 Å². The van der Waals surface area contributed by atoms with Crippen LogP contribution in [0.25, 0.3) is 0 Å². The van der Waals surface area contributed by atoms with Gasteiger partial charge in [0, 0.05) is 39.4 Å². The second-order valence-electron chi connectivity index (χ2n) is 7.22. The number of rotatable bonds is 7. The summed E-state index contributed by atoms with van der Waals surface area (Å²) >= 11 is 0. The number of carbonyl (C=O) groups is 2. The highest BCUT2D eigenvalue weighted by molar-refractivity contribution is 5.91. The standard InChI is InChI=1S/C18H25N5O4/c1-12(2)8-17-20-16(21-27-17)5-7-23(13(3)24)14-4-6-22(10-14)18(25)15-9-19-11-26-15/h9,11-12,14H,4-8,10H2,1-3H3. The van der Waals surface area contributed by atoms with Crippen LogP contribution in [0.2, 0.25) is 0 Å². The summed E-state index contributed by atoms with van der Waals surface area (Å²) in [5, 5.41) is 4.00. The predicted octanol–water partition coefficient (Wildman–Crippen LogP) is 1.56. The summed E-state index contributed by atoms with van der Waals surface area (Å²) in [6, 6.07) is -0.0311. The van der Waals surface area contributed by atoms with Gasteiger partial charge >= 0.3 is 0 Å². The molecule has 3 heterocycles. The molecule has 146 valence electrons. The molecule has 0 aromatic carbocycles. The van der Waals surface area contributed by atoms with Gasteiger partial charge in [0.2, 0.25) is 17.6 Å². The zero-order valence-electron chi connectivity index (χ0n) is 15.9. The van der Waals surface area contributed by atoms with E-state index in [4.69, 9.17) is 8.94 Å². The van der Waals surface area contributed by atoms with Crippen molar-refractivity contribution in [2.24, 2.45) is 5.92 Å². The molecule has 2 aromatic rings. The van der Waals surface area contributed by atoms with Crippen molar-refractivity contribution in [3.8, 4) is 0 Å². The lowest BCUT2D eigenvalue weighted by Crippen LogP contribution is -2.42. The average molecular weight is 375 g/mol. The largest absolute Gasteiger partial charge is 0.438 e. The molecule has 0 saturated carbocycles. The molecule has 1 saturated heterocycles. The van der Waals surface area contributed by atoms with Gasteiger partial charge in [-0.15, -0.1) is 0 Å². The van der Waals surface area contributed by atoms with Gasteiger partial charge in [0.1, 0.15) is 0 Å². The second kappa shape index (κ2) is 8.32. The quantitative estimate of drug-likeness (QED) is 0.723. The molecule has 0 spiro atoms. The van der Waals surface area contributed by atoms with Crippen molar-refractivity contribution in [2.75, 3.05) is 19.6 Å². The molecule has 1 aliphatic rings. The van der Waals surface area contributed by atoms with Crippen molar-refractivity contribution in [1.29, 1.82) is 0 Å². The summed E-state index contributed by atoms with van der Waals surface area (Å²) in [5.74, 6) is 1.66. The lowest BCUT2D eigenvalue weighted by Gasteiger charge is -2.27. The smallest absolute Gasteiger partial charge is 0.291 e. The van der Waals surface area contributed by atoms with E-state index < -0.39 is 0 Å². The van der Waals surface area contributed by atoms with Crippen molar-refractivity contribution in [3.05, 3.63) is 30.1 Å². The molecule has 9 heteroatoms. The number of hydrogen-bond donors (Lipinski definition) is 0. The van der Waals surface area contributed by atoms with E-state index in [0.717, 1.165) is 12.8 Å². The fraction of sp³-hybridized carbons (Fsp3) is 0.611. The Kier molecular flexibility index (Phi) is 5.88. The summed E-state index contributed by atoms with van der Waals surface area (Å²) in [6.45, 7) is 7.27. The highest BCUT2D eigenvalue weighted by Crippen LogP contribution is 2.19. The minimum atomic E-state index is -0.199. The molecule has 0 radical (unpaired) electrons. The number of nitrogens with zero attached hydrogens (tertiary/aromatic N) is 5. The second-order valence-corrected chi connectivity index (χ2v) is 7.22. The van der Waals surface area contributed by atoms with Crippen LogP contribution in [-0.2, 0) is 17.6 Å². The molecule has 0 aliphatic carbocycles. The van der Waals surface area contributed by atoms with Crippen LogP contribution in [0.5, 0.6) is 0 Å². The molecular formula is C18H25N5O4. The van der Waals surface area contributed by atoms with Crippen LogP contribution >= 0.6 is 0 Å². The minimum absolute atomic E-state index is 0.0279. The Morgan fingerprint density at radius 3 is 2.89 bits per heavy atom. The number of aromatic nitrogens is 3. The summed E-state index contributed by atoms with van der Waals surface area (Å²) in [6.07, 6.45) is 4.63. The molecular weight excluding hydrogens is 350 g/mol. The molecule has 27 heavy (non-hydrogen) atoms. The molecule has 1 unspecified atom stereocenters. The van der Waals surface area contributed by atoms with Crippen molar-refractivity contribution in [3.63, 3.8) is 0 Å². The summed E-state index contributed by atoms with van der Waals surface area (Å²) in [5.41, 5.74) is 0. The Bertz CT molecular complexity index is 771. The van der Waals surface area contributed by atoms with Gasteiger partial charge in [-0.2, -0.15) is 4.98 Å². The normalized spacial score (nSPS) is 16.9. The lowest BCUT2D eigenvalue weighted by molar-refractivity contribution is -0.130. The van der Waals surface area contributed by atoms with Crippen molar-refractivity contribution in [1.82, 2.24) is 24.9 Å². The highest BCUT2D eigenvalue weighted by Gasteiger charge is 2.33. The maximum absolute atomic E-state index is 12.4. The van der Waals surface area contributed by atoms with Gasteiger partial charge in [0.05, 0.1) is 12.2 Å². The maximum atomic E-state index is 12.4. The Morgan fingerprint density at radius 1 is 1.41 bits per heavy atom. The zero-order valence-corrected chi connectivity index (χ0v) is 15.9. The molecule has 2 amide bonds. The first kappa shape index (κ1) is 19.1. The first-order valence-corrected chi connectivity index (χ1v) is 9.20. The van der Waals surface area contributed by atoms with Gasteiger partial charge in [0.25, 0.3) is 5.91 Å². The third-order valence-electron chi connectivity index (χ3n) is 4.61. The van der Waals surface area contributed by atoms with E-state index in [0.29, 0.717) is 43.7 Å². The summed E-state index contributed by atoms with van der Waals surface area (Å²) < 4.78 is 10.3. The Labute approximate surface area is 157 Å². The molecule has 0 bridgehead atoms. The SMILES string of the molecule is CC(=O)N(CCc1noc(CC(C)C)n1)C1CCN(C(=O)c2cnco2)C1. The van der Waals surface area contributed by atoms with Gasteiger partial charge in [-0.25, -0.2) is 4.98 Å². The minimum Gasteiger partial charge on any atom is -0.438 e. The number of amides is 2. The van der Waals surface area contributed by atoms with E-state index in [1.807, 2.05) is 0 Å². The Morgan fingerprint density at radius 2 is 2.22 bits per heavy atom. The van der Waals surface area contributed by atoms with Gasteiger partial charge in [-0.05, 0) is 12.3 Å². The van der Waals surface area contributed by atoms with Crippen LogP contribution in [0, 0.1) is 5.92 Å². The van der Waals surface area contributed by atoms with E-state index in [-0.39, 0.29) is 23.6 Å². The highest BCUT2D eigenvalue weighted by atomic mass is 16.5. The molecule has 1 aliphatic heterocycles. The van der Waals surface area contributed by atoms with Gasteiger partial charge in [0.15, 0.2) is 12.2 Å². The fourth-order valence-corrected chi connectivity index (χ4v) is 3.30. The van der Waals surface area contributed by atoms with E-state index in [9.17, 15) is 9.59 Å². The third kappa shape index (κ3) is 4.72. The van der Waals surface area contributed by atoms with Crippen LogP contribution in [-0.4, -0.2) is 62.4 Å². The van der Waals surface area contributed by atoms with E-state index in [2.05, 4.69) is 29.0 Å². The first-order chi connectivity index (χ1) is 12.9. The van der Waals surface area contributed by atoms with Gasteiger partial charge < -0.3 is 18.7 Å². The predicted molar refractivity (Wildman–Crippen MR) is 94.7 cm³/mol. The Balaban J connectivity index is 1.57. The third-order valence-corrected chi connectivity index (χ3v) is 4.61. The number of oxazole rings is 1. The van der Waals surface area contributed by atoms with Crippen molar-refractivity contribution in [2.45, 2.75) is 46.1 Å². The van der Waals surface area contributed by atoms with Gasteiger partial charge in [-0.3, -0.25) is 9.59 Å². The van der Waals surface area contributed by atoms with E-state index in [1.165, 1.54) is 12.6 Å². The Hall–Kier alpha value is -2.71. The van der Waals surface area contributed by atoms with Crippen LogP contribution in [0.3, 0.4) is 0 Å². The molecule has 9 nitrogen and oxygen atoms in total. The zero-order chi connectivity index (χ0) is 19.4. The van der Waals surface area contributed by atoms with Crippen molar-refractivity contribution < 1.29 is 18.5 Å². The molecule has 1 atom stereocenters. The maximum Gasteiger partial charge on any atom is 0.291 e. The van der Waals surface area contributed by atoms with Crippen molar-refractivity contribution >= 4 is 11.8 Å². The van der Waals surface area contributed by atoms with Crippen LogP contribution in [0.15, 0.2) is 21.5 Å². The van der Waals surface area contributed by atoms with Crippen LogP contribution < -0.4 is 0 Å². The number of hydrogen-bond acceptors (Lipinski definition) is 7. The van der Waals surface area contributed by atoms with E-state index in [1.54, 1.807) is 16.7 Å². The molecule has 2 aromatic heterocycles. The fourth-order valence-electron chi connectivity index (χ4n) is 3.30.